The molecule has 2 aromatic carbocycles. The Morgan fingerprint density at radius 3 is 2.45 bits per heavy atom. The van der Waals surface area contributed by atoms with Crippen molar-refractivity contribution in [2.45, 2.75) is 19.8 Å². The van der Waals surface area contributed by atoms with Gasteiger partial charge in [-0.3, -0.25) is 4.79 Å². The predicted octanol–water partition coefficient (Wildman–Crippen LogP) is 5.04. The molecule has 2 heterocycles. The van der Waals surface area contributed by atoms with Crippen molar-refractivity contribution in [1.29, 1.82) is 0 Å². The number of amides is 1. The Labute approximate surface area is 186 Å². The van der Waals surface area contributed by atoms with Crippen LogP contribution in [-0.4, -0.2) is 36.1 Å². The number of ether oxygens (including phenoxy) is 1. The number of aromatic nitrogens is 2. The summed E-state index contributed by atoms with van der Waals surface area (Å²) in [6.45, 7) is 4.03. The van der Waals surface area contributed by atoms with Gasteiger partial charge in [0.05, 0.1) is 12.7 Å². The second-order valence-corrected chi connectivity index (χ2v) is 7.82. The summed E-state index contributed by atoms with van der Waals surface area (Å²) in [6.07, 6.45) is 2.39. The van der Waals surface area contributed by atoms with E-state index >= 15 is 0 Å². The highest BCUT2D eigenvalue weighted by atomic mass is 35.5. The van der Waals surface area contributed by atoms with Crippen LogP contribution in [0.5, 0.6) is 5.75 Å². The van der Waals surface area contributed by atoms with E-state index in [0.717, 1.165) is 30.3 Å². The SMILES string of the molecule is COc1ccc(Cl)cc1C(=O)Nc1ccc(Nc2nc(C)cc(N3CCCC3)n2)cc1. The van der Waals surface area contributed by atoms with Crippen molar-refractivity contribution in [3.8, 4) is 5.75 Å². The molecule has 1 fully saturated rings. The number of halogens is 1. The van der Waals surface area contributed by atoms with E-state index in [4.69, 9.17) is 16.3 Å². The fourth-order valence-electron chi connectivity index (χ4n) is 3.54. The highest BCUT2D eigenvalue weighted by molar-refractivity contribution is 6.31. The number of hydrogen-bond acceptors (Lipinski definition) is 6. The summed E-state index contributed by atoms with van der Waals surface area (Å²) >= 11 is 6.02. The van der Waals surface area contributed by atoms with Crippen LogP contribution in [0.3, 0.4) is 0 Å². The smallest absolute Gasteiger partial charge is 0.259 e. The number of nitrogens with one attached hydrogen (secondary N) is 2. The molecule has 0 aliphatic carbocycles. The molecule has 1 aromatic heterocycles. The molecule has 0 atom stereocenters. The maximum atomic E-state index is 12.6. The van der Waals surface area contributed by atoms with Crippen LogP contribution in [0.4, 0.5) is 23.1 Å². The second kappa shape index (κ2) is 9.22. The second-order valence-electron chi connectivity index (χ2n) is 7.39. The summed E-state index contributed by atoms with van der Waals surface area (Å²) < 4.78 is 5.25. The van der Waals surface area contributed by atoms with Crippen LogP contribution in [0.1, 0.15) is 28.9 Å². The van der Waals surface area contributed by atoms with E-state index < -0.39 is 0 Å². The lowest BCUT2D eigenvalue weighted by molar-refractivity contribution is 0.102. The van der Waals surface area contributed by atoms with Crippen LogP contribution in [0, 0.1) is 6.92 Å². The van der Waals surface area contributed by atoms with E-state index in [1.807, 2.05) is 37.3 Å². The third-order valence-electron chi connectivity index (χ3n) is 5.08. The number of hydrogen-bond donors (Lipinski definition) is 2. The van der Waals surface area contributed by atoms with E-state index in [2.05, 4.69) is 25.5 Å². The Hall–Kier alpha value is -3.32. The molecule has 31 heavy (non-hydrogen) atoms. The molecule has 0 bridgehead atoms. The van der Waals surface area contributed by atoms with Crippen molar-refractivity contribution in [3.63, 3.8) is 0 Å². The van der Waals surface area contributed by atoms with E-state index in [9.17, 15) is 4.79 Å². The van der Waals surface area contributed by atoms with E-state index in [-0.39, 0.29) is 5.91 Å². The van der Waals surface area contributed by atoms with Gasteiger partial charge < -0.3 is 20.3 Å². The highest BCUT2D eigenvalue weighted by Crippen LogP contribution is 2.25. The topological polar surface area (TPSA) is 79.4 Å². The maximum absolute atomic E-state index is 12.6. The number of nitrogens with zero attached hydrogens (tertiary/aromatic N) is 3. The first-order valence-electron chi connectivity index (χ1n) is 10.1. The molecular formula is C23H24ClN5O2. The van der Waals surface area contributed by atoms with Gasteiger partial charge in [0.15, 0.2) is 0 Å². The van der Waals surface area contributed by atoms with Crippen molar-refractivity contribution < 1.29 is 9.53 Å². The first-order valence-corrected chi connectivity index (χ1v) is 10.5. The third-order valence-corrected chi connectivity index (χ3v) is 5.31. The van der Waals surface area contributed by atoms with Crippen LogP contribution >= 0.6 is 11.6 Å². The fraction of sp³-hybridized carbons (Fsp3) is 0.261. The number of carbonyl (C=O) groups excluding carboxylic acids is 1. The summed E-state index contributed by atoms with van der Waals surface area (Å²) in [4.78, 5) is 24.1. The van der Waals surface area contributed by atoms with Gasteiger partial charge in [0.2, 0.25) is 5.95 Å². The average molecular weight is 438 g/mol. The molecule has 7 nitrogen and oxygen atoms in total. The van der Waals surface area contributed by atoms with Crippen LogP contribution in [0.25, 0.3) is 0 Å². The highest BCUT2D eigenvalue weighted by Gasteiger charge is 2.16. The van der Waals surface area contributed by atoms with Gasteiger partial charge in [-0.15, -0.1) is 0 Å². The van der Waals surface area contributed by atoms with Crippen LogP contribution in [0.2, 0.25) is 5.02 Å². The van der Waals surface area contributed by atoms with Crippen LogP contribution in [-0.2, 0) is 0 Å². The van der Waals surface area contributed by atoms with Gasteiger partial charge in [-0.2, -0.15) is 4.98 Å². The minimum Gasteiger partial charge on any atom is -0.496 e. The van der Waals surface area contributed by atoms with E-state index in [0.29, 0.717) is 28.0 Å². The molecule has 8 heteroatoms. The molecule has 0 saturated carbocycles. The molecule has 1 aliphatic rings. The maximum Gasteiger partial charge on any atom is 0.259 e. The Kier molecular flexibility index (Phi) is 6.23. The van der Waals surface area contributed by atoms with Gasteiger partial charge in [-0.1, -0.05) is 11.6 Å². The van der Waals surface area contributed by atoms with Crippen LogP contribution in [0.15, 0.2) is 48.5 Å². The summed E-state index contributed by atoms with van der Waals surface area (Å²) in [5, 5.41) is 6.58. The molecule has 0 spiro atoms. The molecule has 0 radical (unpaired) electrons. The van der Waals surface area contributed by atoms with Crippen LogP contribution < -0.4 is 20.3 Å². The first kappa shape index (κ1) is 20.9. The van der Waals surface area contributed by atoms with Gasteiger partial charge in [-0.05, 0) is 62.2 Å². The standard InChI is InChI=1S/C23H24ClN5O2/c1-15-13-21(29-11-3-4-12-29)28-23(25-15)27-18-8-6-17(7-9-18)26-22(30)19-14-16(24)5-10-20(19)31-2/h5-10,13-14H,3-4,11-12H2,1-2H3,(H,26,30)(H,25,27,28). The first-order chi connectivity index (χ1) is 15.0. The lowest BCUT2D eigenvalue weighted by Gasteiger charge is -2.17. The van der Waals surface area contributed by atoms with Gasteiger partial charge in [0.25, 0.3) is 5.91 Å². The summed E-state index contributed by atoms with van der Waals surface area (Å²) in [5.41, 5.74) is 2.77. The minimum atomic E-state index is -0.294. The van der Waals surface area contributed by atoms with Gasteiger partial charge in [-0.25, -0.2) is 4.98 Å². The van der Waals surface area contributed by atoms with E-state index in [1.54, 1.807) is 18.2 Å². The van der Waals surface area contributed by atoms with Crippen molar-refractivity contribution in [2.75, 3.05) is 35.7 Å². The number of methoxy groups -OCH3 is 1. The lowest BCUT2D eigenvalue weighted by Crippen LogP contribution is -2.19. The monoisotopic (exact) mass is 437 g/mol. The minimum absolute atomic E-state index is 0.294. The molecule has 0 unspecified atom stereocenters. The zero-order valence-corrected chi connectivity index (χ0v) is 18.2. The molecule has 3 aromatic rings. The lowest BCUT2D eigenvalue weighted by atomic mass is 10.1. The number of rotatable bonds is 6. The fourth-order valence-corrected chi connectivity index (χ4v) is 3.71. The zero-order valence-electron chi connectivity index (χ0n) is 17.5. The Morgan fingerprint density at radius 2 is 1.74 bits per heavy atom. The average Bonchev–Trinajstić information content (AvgIpc) is 3.30. The number of carbonyl (C=O) groups is 1. The van der Waals surface area contributed by atoms with Crippen molar-refractivity contribution >= 4 is 40.6 Å². The van der Waals surface area contributed by atoms with E-state index in [1.165, 1.54) is 20.0 Å². The Morgan fingerprint density at radius 1 is 1.03 bits per heavy atom. The molecule has 1 amide bonds. The summed E-state index contributed by atoms with van der Waals surface area (Å²) in [5.74, 6) is 1.68. The van der Waals surface area contributed by atoms with Gasteiger partial charge >= 0.3 is 0 Å². The Bertz CT molecular complexity index is 1080. The molecule has 4 rings (SSSR count). The largest absolute Gasteiger partial charge is 0.496 e. The predicted molar refractivity (Wildman–Crippen MR) is 124 cm³/mol. The van der Waals surface area contributed by atoms with Gasteiger partial charge in [0.1, 0.15) is 11.6 Å². The normalized spacial score (nSPS) is 13.2. The molecule has 1 aliphatic heterocycles. The number of benzene rings is 2. The molecule has 2 N–H and O–H groups in total. The summed E-state index contributed by atoms with van der Waals surface area (Å²) in [6, 6.07) is 14.3. The quantitative estimate of drug-likeness (QED) is 0.562. The van der Waals surface area contributed by atoms with Crippen molar-refractivity contribution in [3.05, 3.63) is 64.8 Å². The molecular weight excluding hydrogens is 414 g/mol. The number of aryl methyl sites for hydroxylation is 1. The van der Waals surface area contributed by atoms with Gasteiger partial charge in [0, 0.05) is 41.2 Å². The van der Waals surface area contributed by atoms with Crippen molar-refractivity contribution in [1.82, 2.24) is 9.97 Å². The summed E-state index contributed by atoms with van der Waals surface area (Å²) in [7, 11) is 1.52. The molecule has 160 valence electrons. The van der Waals surface area contributed by atoms with Crippen molar-refractivity contribution in [2.24, 2.45) is 0 Å². The molecule has 1 saturated heterocycles. The zero-order chi connectivity index (χ0) is 21.8. The third kappa shape index (κ3) is 5.06. The Balaban J connectivity index is 1.45. The number of anilines is 4.